The summed E-state index contributed by atoms with van der Waals surface area (Å²) in [4.78, 5) is 20.6. The Kier molecular flexibility index (Phi) is 2.38. The van der Waals surface area contributed by atoms with Crippen LogP contribution in [0.25, 0.3) is 33.2 Å². The lowest BCUT2D eigenvalue weighted by molar-refractivity contribution is 0.102. The second kappa shape index (κ2) is 4.35. The minimum atomic E-state index is -0.0203. The fraction of sp³-hybridized carbons (Fsp3) is 0.0526. The summed E-state index contributed by atoms with van der Waals surface area (Å²) in [5.74, 6) is 0.192. The van der Waals surface area contributed by atoms with E-state index in [1.54, 1.807) is 18.3 Å². The number of rotatable bonds is 1. The predicted molar refractivity (Wildman–Crippen MR) is 91.0 cm³/mol. The Labute approximate surface area is 137 Å². The fourth-order valence-electron chi connectivity index (χ4n) is 3.58. The number of nitrogens with zero attached hydrogens (tertiary/aromatic N) is 2. The van der Waals surface area contributed by atoms with Gasteiger partial charge in [0.2, 0.25) is 5.78 Å². The summed E-state index contributed by atoms with van der Waals surface area (Å²) in [7, 11) is 1.88. The molecule has 0 aliphatic heterocycles. The summed E-state index contributed by atoms with van der Waals surface area (Å²) in [6, 6.07) is 8.88. The molecule has 0 unspecified atom stereocenters. The average molecular weight is 315 g/mol. The summed E-state index contributed by atoms with van der Waals surface area (Å²) in [6.07, 6.45) is 5.57. The van der Waals surface area contributed by atoms with Gasteiger partial charge in [0, 0.05) is 47.5 Å². The van der Waals surface area contributed by atoms with Gasteiger partial charge in [-0.3, -0.25) is 9.78 Å². The molecule has 1 aliphatic carbocycles. The molecule has 1 aliphatic rings. The van der Waals surface area contributed by atoms with Crippen LogP contribution in [0.4, 0.5) is 0 Å². The number of hydrogen-bond acceptors (Lipinski definition) is 3. The van der Waals surface area contributed by atoms with Gasteiger partial charge in [0.15, 0.2) is 0 Å². The van der Waals surface area contributed by atoms with Gasteiger partial charge in [0.05, 0.1) is 11.4 Å². The van der Waals surface area contributed by atoms with Crippen LogP contribution in [0.15, 0.2) is 48.9 Å². The molecule has 3 aromatic heterocycles. The van der Waals surface area contributed by atoms with Crippen LogP contribution in [0, 0.1) is 0 Å². The quantitative estimate of drug-likeness (QED) is 0.497. The van der Waals surface area contributed by atoms with Gasteiger partial charge in [-0.05, 0) is 23.8 Å². The molecule has 2 N–H and O–H groups in total. The number of aryl methyl sites for hydroxylation is 1. The Balaban J connectivity index is 1.88. The molecule has 0 amide bonds. The monoisotopic (exact) mass is 315 g/mol. The molecule has 4 aromatic rings. The number of H-pyrrole nitrogens is 1. The van der Waals surface area contributed by atoms with Gasteiger partial charge in [-0.1, -0.05) is 12.1 Å². The number of hydrogen-bond donors (Lipinski definition) is 2. The standard InChI is InChI=1S/C19H13N3O2/c1-22-9-11-6-7-20-16-14(11)18(22)19(24)17-15(16)13(8-21-17)10-2-4-12(23)5-3-10/h2-9,21,23H,1H3. The van der Waals surface area contributed by atoms with Crippen LogP contribution >= 0.6 is 0 Å². The van der Waals surface area contributed by atoms with Crippen molar-refractivity contribution in [1.29, 1.82) is 0 Å². The number of benzene rings is 1. The van der Waals surface area contributed by atoms with Crippen molar-refractivity contribution in [3.05, 3.63) is 60.3 Å². The SMILES string of the molecule is Cn1cc2ccnc3c2c1C(=O)c1[nH]cc(-c2ccc(O)cc2)c1-3. The van der Waals surface area contributed by atoms with E-state index in [-0.39, 0.29) is 11.5 Å². The summed E-state index contributed by atoms with van der Waals surface area (Å²) < 4.78 is 1.86. The zero-order chi connectivity index (χ0) is 16.4. The highest BCUT2D eigenvalue weighted by atomic mass is 16.3. The number of pyridine rings is 1. The van der Waals surface area contributed by atoms with Gasteiger partial charge in [-0.2, -0.15) is 0 Å². The van der Waals surface area contributed by atoms with Crippen LogP contribution in [0.3, 0.4) is 0 Å². The van der Waals surface area contributed by atoms with Crippen molar-refractivity contribution >= 4 is 16.6 Å². The minimum absolute atomic E-state index is 0.0203. The number of fused-ring (bicyclic) bond motifs is 2. The van der Waals surface area contributed by atoms with Gasteiger partial charge >= 0.3 is 0 Å². The highest BCUT2D eigenvalue weighted by molar-refractivity contribution is 6.25. The molecular formula is C19H13N3O2. The number of nitrogens with one attached hydrogen (secondary N) is 1. The van der Waals surface area contributed by atoms with E-state index in [1.807, 2.05) is 42.2 Å². The highest BCUT2D eigenvalue weighted by Crippen LogP contribution is 2.43. The number of aromatic amines is 1. The first-order valence-corrected chi connectivity index (χ1v) is 7.65. The molecule has 0 spiro atoms. The third kappa shape index (κ3) is 1.53. The van der Waals surface area contributed by atoms with E-state index in [0.717, 1.165) is 33.2 Å². The Morgan fingerprint density at radius 3 is 2.75 bits per heavy atom. The second-order valence-electron chi connectivity index (χ2n) is 6.04. The van der Waals surface area contributed by atoms with Gasteiger partial charge in [-0.25, -0.2) is 0 Å². The van der Waals surface area contributed by atoms with Crippen LogP contribution < -0.4 is 0 Å². The lowest BCUT2D eigenvalue weighted by Crippen LogP contribution is -2.13. The van der Waals surface area contributed by atoms with Gasteiger partial charge in [0.25, 0.3) is 0 Å². The number of aromatic hydroxyl groups is 1. The van der Waals surface area contributed by atoms with E-state index < -0.39 is 0 Å². The fourth-order valence-corrected chi connectivity index (χ4v) is 3.58. The molecule has 0 atom stereocenters. The summed E-state index contributed by atoms with van der Waals surface area (Å²) in [5, 5.41) is 11.4. The molecule has 0 bridgehead atoms. The summed E-state index contributed by atoms with van der Waals surface area (Å²) in [5.41, 5.74) is 4.72. The first-order valence-electron chi connectivity index (χ1n) is 7.65. The summed E-state index contributed by atoms with van der Waals surface area (Å²) in [6.45, 7) is 0. The van der Waals surface area contributed by atoms with Crippen LogP contribution in [0.5, 0.6) is 5.75 Å². The van der Waals surface area contributed by atoms with Crippen LogP contribution in [0.1, 0.15) is 16.2 Å². The Bertz CT molecular complexity index is 1130. The predicted octanol–water partition coefficient (Wildman–Crippen LogP) is 3.49. The molecule has 116 valence electrons. The van der Waals surface area contributed by atoms with Crippen molar-refractivity contribution in [2.24, 2.45) is 7.05 Å². The number of carbonyl (C=O) groups is 1. The maximum Gasteiger partial charge on any atom is 0.226 e. The molecular weight excluding hydrogens is 302 g/mol. The normalized spacial score (nSPS) is 12.6. The van der Waals surface area contributed by atoms with Gasteiger partial charge in [0.1, 0.15) is 11.4 Å². The maximum absolute atomic E-state index is 13.0. The van der Waals surface area contributed by atoms with Gasteiger partial charge < -0.3 is 14.7 Å². The van der Waals surface area contributed by atoms with Crippen molar-refractivity contribution in [3.8, 4) is 28.1 Å². The second-order valence-corrected chi connectivity index (χ2v) is 6.04. The zero-order valence-corrected chi connectivity index (χ0v) is 12.9. The molecule has 0 radical (unpaired) electrons. The molecule has 5 heteroatoms. The van der Waals surface area contributed by atoms with Gasteiger partial charge in [-0.15, -0.1) is 0 Å². The molecule has 5 rings (SSSR count). The zero-order valence-electron chi connectivity index (χ0n) is 12.9. The first kappa shape index (κ1) is 13.1. The number of ketones is 1. The smallest absolute Gasteiger partial charge is 0.226 e. The molecule has 0 saturated heterocycles. The van der Waals surface area contributed by atoms with E-state index in [2.05, 4.69) is 9.97 Å². The molecule has 5 nitrogen and oxygen atoms in total. The van der Waals surface area contributed by atoms with Crippen molar-refractivity contribution in [2.75, 3.05) is 0 Å². The van der Waals surface area contributed by atoms with E-state index >= 15 is 0 Å². The van der Waals surface area contributed by atoms with E-state index in [4.69, 9.17) is 0 Å². The van der Waals surface area contributed by atoms with Crippen molar-refractivity contribution < 1.29 is 9.90 Å². The third-order valence-electron chi connectivity index (χ3n) is 4.64. The third-order valence-corrected chi connectivity index (χ3v) is 4.64. The van der Waals surface area contributed by atoms with Crippen molar-refractivity contribution in [1.82, 2.24) is 14.5 Å². The minimum Gasteiger partial charge on any atom is -0.508 e. The van der Waals surface area contributed by atoms with Crippen molar-refractivity contribution in [3.63, 3.8) is 0 Å². The lowest BCUT2D eigenvalue weighted by Gasteiger charge is -2.15. The number of phenolic OH excluding ortho intramolecular Hbond substituents is 1. The Morgan fingerprint density at radius 2 is 1.96 bits per heavy atom. The number of phenols is 1. The lowest BCUT2D eigenvalue weighted by atomic mass is 9.91. The van der Waals surface area contributed by atoms with E-state index in [1.165, 1.54) is 0 Å². The van der Waals surface area contributed by atoms with Crippen LogP contribution in [-0.4, -0.2) is 25.4 Å². The molecule has 1 aromatic carbocycles. The average Bonchev–Trinajstić information content (AvgIpc) is 3.15. The first-order chi connectivity index (χ1) is 11.6. The molecule has 0 saturated carbocycles. The molecule has 24 heavy (non-hydrogen) atoms. The van der Waals surface area contributed by atoms with Crippen LogP contribution in [0.2, 0.25) is 0 Å². The highest BCUT2D eigenvalue weighted by Gasteiger charge is 2.32. The van der Waals surface area contributed by atoms with Crippen LogP contribution in [-0.2, 0) is 7.05 Å². The van der Waals surface area contributed by atoms with E-state index in [0.29, 0.717) is 11.4 Å². The number of carbonyl (C=O) groups excluding carboxylic acids is 1. The van der Waals surface area contributed by atoms with Crippen molar-refractivity contribution in [2.45, 2.75) is 0 Å². The topological polar surface area (TPSA) is 70.9 Å². The summed E-state index contributed by atoms with van der Waals surface area (Å²) >= 11 is 0. The Morgan fingerprint density at radius 1 is 1.17 bits per heavy atom. The largest absolute Gasteiger partial charge is 0.508 e. The number of aromatic nitrogens is 3. The Hall–Kier alpha value is -3.34. The molecule has 0 fully saturated rings. The van der Waals surface area contributed by atoms with E-state index in [9.17, 15) is 9.90 Å². The molecule has 3 heterocycles. The maximum atomic E-state index is 13.0.